The average Bonchev–Trinajstić information content (AvgIpc) is 2.95. The third-order valence-electron chi connectivity index (χ3n) is 9.25. The van der Waals surface area contributed by atoms with Crippen LogP contribution in [0.25, 0.3) is 0 Å². The highest BCUT2D eigenvalue weighted by Crippen LogP contribution is 2.44. The van der Waals surface area contributed by atoms with Gasteiger partial charge in [-0.2, -0.15) is 0 Å². The zero-order valence-corrected chi connectivity index (χ0v) is 35.5. The Labute approximate surface area is 317 Å². The lowest BCUT2D eigenvalue weighted by Gasteiger charge is -2.46. The Bertz CT molecular complexity index is 1360. The third kappa shape index (κ3) is 13.4. The summed E-state index contributed by atoms with van der Waals surface area (Å²) in [6, 6.07) is 0. The quantitative estimate of drug-likeness (QED) is 0.117. The Balaban J connectivity index is 2.61. The third-order valence-corrected chi connectivity index (χ3v) is 9.25. The van der Waals surface area contributed by atoms with Crippen molar-refractivity contribution in [1.29, 1.82) is 0 Å². The highest BCUT2D eigenvalue weighted by Gasteiger charge is 2.55. The minimum Gasteiger partial charge on any atom is -0.462 e. The molecule has 53 heavy (non-hydrogen) atoms. The van der Waals surface area contributed by atoms with Crippen molar-refractivity contribution in [3.63, 3.8) is 0 Å². The molecule has 1 aliphatic carbocycles. The highest BCUT2D eigenvalue weighted by atomic mass is 16.7. The summed E-state index contributed by atoms with van der Waals surface area (Å²) in [7, 11) is 0. The second-order valence-corrected chi connectivity index (χ2v) is 19.5. The maximum Gasteiger partial charge on any atom is 0.311 e. The number of rotatable bonds is 11. The predicted molar refractivity (Wildman–Crippen MR) is 198 cm³/mol. The SMILES string of the molecule is CC(=O)O[C@@H]1CC(C)=C(CC[C@@H](C)O[C@@H]2O[C@H](COC(=O)C(C)(C)C)[C@@H](OC(=O)C(C)(C)C)[C@H](OC(=O)C(C)(C)C)[C@H]2OC(=O)C(C)(C)C)C(C)(C)C1. The largest absolute Gasteiger partial charge is 0.462 e. The van der Waals surface area contributed by atoms with Crippen molar-refractivity contribution in [2.45, 2.75) is 186 Å². The van der Waals surface area contributed by atoms with E-state index in [-0.39, 0.29) is 24.1 Å². The second-order valence-electron chi connectivity index (χ2n) is 19.5. The number of hydrogen-bond donors (Lipinski definition) is 0. The van der Waals surface area contributed by atoms with Crippen LogP contribution in [-0.4, -0.2) is 79.4 Å². The molecule has 2 aliphatic rings. The second kappa shape index (κ2) is 17.2. The topological polar surface area (TPSA) is 150 Å². The molecule has 0 aromatic heterocycles. The first-order valence-corrected chi connectivity index (χ1v) is 18.8. The van der Waals surface area contributed by atoms with E-state index in [1.165, 1.54) is 12.5 Å². The van der Waals surface area contributed by atoms with Crippen LogP contribution in [0.2, 0.25) is 0 Å². The van der Waals surface area contributed by atoms with Crippen molar-refractivity contribution in [2.75, 3.05) is 6.61 Å². The number of carbonyl (C=O) groups is 5. The van der Waals surface area contributed by atoms with Gasteiger partial charge >= 0.3 is 29.8 Å². The van der Waals surface area contributed by atoms with Gasteiger partial charge in [0.05, 0.1) is 27.8 Å². The summed E-state index contributed by atoms with van der Waals surface area (Å²) in [6.07, 6.45) is -4.65. The van der Waals surface area contributed by atoms with Crippen LogP contribution in [0, 0.1) is 27.1 Å². The number of allylic oxidation sites excluding steroid dienone is 1. The molecule has 0 aromatic carbocycles. The minimum absolute atomic E-state index is 0.189. The summed E-state index contributed by atoms with van der Waals surface area (Å²) in [4.78, 5) is 65.2. The van der Waals surface area contributed by atoms with Gasteiger partial charge in [-0.1, -0.05) is 25.0 Å². The standard InChI is InChI=1S/C41H68O12/c1-23-20-26(49-25(3)42)21-41(16,17)27(23)19-18-24(2)48-32-31(53-36(46)40(13,14)15)30(52-35(45)39(10,11)12)29(51-34(44)38(7,8)9)28(50-32)22-47-33(43)37(4,5)6/h24,26,28-32H,18-22H2,1-17H3/t24-,26-,28-,29-,30+,31-,32-/m1/s1. The molecule has 12 nitrogen and oxygen atoms in total. The lowest BCUT2D eigenvalue weighted by molar-refractivity contribution is -0.319. The van der Waals surface area contributed by atoms with Crippen LogP contribution in [0.5, 0.6) is 0 Å². The van der Waals surface area contributed by atoms with Gasteiger partial charge in [-0.25, -0.2) is 0 Å². The van der Waals surface area contributed by atoms with Gasteiger partial charge in [0.15, 0.2) is 24.6 Å². The van der Waals surface area contributed by atoms with E-state index in [1.54, 1.807) is 83.1 Å². The molecule has 12 heteroatoms. The van der Waals surface area contributed by atoms with Gasteiger partial charge in [-0.3, -0.25) is 24.0 Å². The molecular formula is C41H68O12. The van der Waals surface area contributed by atoms with Crippen LogP contribution in [0.1, 0.15) is 143 Å². The highest BCUT2D eigenvalue weighted by molar-refractivity contribution is 5.78. The molecular weight excluding hydrogens is 684 g/mol. The van der Waals surface area contributed by atoms with Gasteiger partial charge in [0, 0.05) is 13.3 Å². The minimum atomic E-state index is -1.39. The first-order chi connectivity index (χ1) is 23.8. The number of ether oxygens (including phenoxy) is 7. The summed E-state index contributed by atoms with van der Waals surface area (Å²) in [6.45, 7) is 29.5. The van der Waals surface area contributed by atoms with Gasteiger partial charge in [-0.15, -0.1) is 0 Å². The smallest absolute Gasteiger partial charge is 0.311 e. The van der Waals surface area contributed by atoms with Crippen LogP contribution >= 0.6 is 0 Å². The molecule has 0 aromatic rings. The van der Waals surface area contributed by atoms with E-state index in [0.717, 1.165) is 5.57 Å². The molecule has 0 bridgehead atoms. The van der Waals surface area contributed by atoms with Crippen molar-refractivity contribution in [3.8, 4) is 0 Å². The Hall–Kier alpha value is -2.99. The Morgan fingerprint density at radius 3 is 1.60 bits per heavy atom. The van der Waals surface area contributed by atoms with Crippen LogP contribution in [0.3, 0.4) is 0 Å². The van der Waals surface area contributed by atoms with Gasteiger partial charge in [0.2, 0.25) is 0 Å². The fraction of sp³-hybridized carbons (Fsp3) is 0.829. The molecule has 0 saturated carbocycles. The van der Waals surface area contributed by atoms with Gasteiger partial charge in [-0.05, 0) is 122 Å². The molecule has 0 spiro atoms. The summed E-state index contributed by atoms with van der Waals surface area (Å²) in [5, 5.41) is 0. The van der Waals surface area contributed by atoms with E-state index in [2.05, 4.69) is 20.8 Å². The van der Waals surface area contributed by atoms with Gasteiger partial charge in [0.1, 0.15) is 18.8 Å². The first kappa shape index (κ1) is 46.2. The zero-order chi connectivity index (χ0) is 41.1. The average molecular weight is 753 g/mol. The normalized spacial score (nSPS) is 25.9. The molecule has 0 amide bonds. The van der Waals surface area contributed by atoms with E-state index < -0.39 is 82.3 Å². The summed E-state index contributed by atoms with van der Waals surface area (Å²) in [5.41, 5.74) is -1.60. The maximum atomic E-state index is 13.6. The lowest BCUT2D eigenvalue weighted by atomic mass is 9.70. The lowest BCUT2D eigenvalue weighted by Crippen LogP contribution is -2.64. The van der Waals surface area contributed by atoms with Crippen LogP contribution in [0.15, 0.2) is 11.1 Å². The first-order valence-electron chi connectivity index (χ1n) is 18.8. The van der Waals surface area contributed by atoms with Crippen LogP contribution in [-0.2, 0) is 57.1 Å². The molecule has 1 heterocycles. The molecule has 7 atom stereocenters. The number of esters is 5. The fourth-order valence-electron chi connectivity index (χ4n) is 6.12. The van der Waals surface area contributed by atoms with E-state index >= 15 is 0 Å². The van der Waals surface area contributed by atoms with Crippen molar-refractivity contribution < 1.29 is 57.1 Å². The molecule has 2 rings (SSSR count). The van der Waals surface area contributed by atoms with E-state index in [9.17, 15) is 24.0 Å². The fourth-order valence-corrected chi connectivity index (χ4v) is 6.12. The molecule has 0 unspecified atom stereocenters. The summed E-state index contributed by atoms with van der Waals surface area (Å²) >= 11 is 0. The molecule has 0 N–H and O–H groups in total. The summed E-state index contributed by atoms with van der Waals surface area (Å²) in [5.74, 6) is -2.70. The Morgan fingerprint density at radius 2 is 1.17 bits per heavy atom. The van der Waals surface area contributed by atoms with Crippen molar-refractivity contribution in [3.05, 3.63) is 11.1 Å². The maximum absolute atomic E-state index is 13.6. The molecule has 304 valence electrons. The van der Waals surface area contributed by atoms with Crippen molar-refractivity contribution in [2.24, 2.45) is 27.1 Å². The van der Waals surface area contributed by atoms with E-state index in [0.29, 0.717) is 25.7 Å². The molecule has 0 radical (unpaired) electrons. The molecule has 1 fully saturated rings. The van der Waals surface area contributed by atoms with Crippen LogP contribution in [0.4, 0.5) is 0 Å². The zero-order valence-electron chi connectivity index (χ0n) is 35.5. The number of carbonyl (C=O) groups excluding carboxylic acids is 5. The molecule has 1 aliphatic heterocycles. The van der Waals surface area contributed by atoms with Crippen molar-refractivity contribution >= 4 is 29.8 Å². The van der Waals surface area contributed by atoms with Crippen LogP contribution < -0.4 is 0 Å². The predicted octanol–water partition coefficient (Wildman–Crippen LogP) is 7.43. The molecule has 1 saturated heterocycles. The van der Waals surface area contributed by atoms with Gasteiger partial charge < -0.3 is 33.2 Å². The monoisotopic (exact) mass is 752 g/mol. The van der Waals surface area contributed by atoms with E-state index in [1.807, 2.05) is 6.92 Å². The summed E-state index contributed by atoms with van der Waals surface area (Å²) < 4.78 is 42.5. The Kier molecular flexibility index (Phi) is 15.0. The number of hydrogen-bond acceptors (Lipinski definition) is 12. The van der Waals surface area contributed by atoms with Crippen molar-refractivity contribution in [1.82, 2.24) is 0 Å². The van der Waals surface area contributed by atoms with E-state index in [4.69, 9.17) is 33.2 Å². The Morgan fingerprint density at radius 1 is 0.717 bits per heavy atom. The van der Waals surface area contributed by atoms with Gasteiger partial charge in [0.25, 0.3) is 0 Å².